The van der Waals surface area contributed by atoms with E-state index in [-0.39, 0.29) is 18.2 Å². The number of ether oxygens (including phenoxy) is 2. The molecule has 1 aromatic heterocycles. The van der Waals surface area contributed by atoms with E-state index < -0.39 is 6.04 Å². The summed E-state index contributed by atoms with van der Waals surface area (Å²) in [5, 5.41) is 9.52. The van der Waals surface area contributed by atoms with Crippen LogP contribution in [0.1, 0.15) is 18.3 Å². The fourth-order valence-electron chi connectivity index (χ4n) is 2.73. The van der Waals surface area contributed by atoms with Crippen LogP contribution in [0.4, 0.5) is 11.6 Å². The first-order valence-electron chi connectivity index (χ1n) is 7.53. The molecular weight excluding hydrogens is 314 g/mol. The Kier molecular flexibility index (Phi) is 3.33. The quantitative estimate of drug-likeness (QED) is 0.865. The number of amides is 2. The third-order valence-corrected chi connectivity index (χ3v) is 3.77. The second-order valence-corrected chi connectivity index (χ2v) is 5.54. The van der Waals surface area contributed by atoms with Crippen molar-refractivity contribution >= 4 is 23.5 Å². The number of hydrogen-bond donors (Lipinski definition) is 2. The number of fused-ring (bicyclic) bond motifs is 2. The Balaban J connectivity index is 1.46. The number of anilines is 2. The number of hydrogen-bond acceptors (Lipinski definition) is 6. The molecule has 2 aromatic rings. The Bertz CT molecular complexity index is 831. The zero-order chi connectivity index (χ0) is 16.7. The number of nitrogens with zero attached hydrogens (tertiary/aromatic N) is 3. The molecule has 2 aliphatic rings. The molecular formula is C15H15N5O4. The largest absolute Gasteiger partial charge is 0.486 e. The Morgan fingerprint density at radius 1 is 1.38 bits per heavy atom. The minimum atomic E-state index is -0.696. The Morgan fingerprint density at radius 3 is 3.00 bits per heavy atom. The van der Waals surface area contributed by atoms with Crippen LogP contribution in [0.5, 0.6) is 11.5 Å². The molecule has 1 atom stereocenters. The minimum absolute atomic E-state index is 0.0317. The van der Waals surface area contributed by atoms with Crippen LogP contribution in [0.15, 0.2) is 18.2 Å². The van der Waals surface area contributed by atoms with Gasteiger partial charge in [-0.1, -0.05) is 0 Å². The molecule has 2 aliphatic heterocycles. The number of benzene rings is 1. The number of rotatable bonds is 3. The van der Waals surface area contributed by atoms with E-state index >= 15 is 0 Å². The van der Waals surface area contributed by atoms with Crippen LogP contribution in [0.25, 0.3) is 0 Å². The summed E-state index contributed by atoms with van der Waals surface area (Å²) in [7, 11) is 0. The van der Waals surface area contributed by atoms with Crippen molar-refractivity contribution in [3.63, 3.8) is 0 Å². The predicted molar refractivity (Wildman–Crippen MR) is 83.1 cm³/mol. The van der Waals surface area contributed by atoms with Gasteiger partial charge in [-0.05, 0) is 19.1 Å². The molecule has 0 bridgehead atoms. The van der Waals surface area contributed by atoms with Crippen molar-refractivity contribution in [1.29, 1.82) is 0 Å². The summed E-state index contributed by atoms with van der Waals surface area (Å²) in [6, 6.07) is 4.47. The van der Waals surface area contributed by atoms with Crippen molar-refractivity contribution in [3.05, 3.63) is 24.0 Å². The van der Waals surface area contributed by atoms with Gasteiger partial charge in [0.2, 0.25) is 11.9 Å². The highest BCUT2D eigenvalue weighted by molar-refractivity contribution is 6.01. The molecule has 124 valence electrons. The topological polar surface area (TPSA) is 107 Å². The number of aromatic nitrogens is 3. The average Bonchev–Trinajstić information content (AvgIpc) is 3.04. The lowest BCUT2D eigenvalue weighted by atomic mass is 10.2. The minimum Gasteiger partial charge on any atom is -0.486 e. The fourth-order valence-corrected chi connectivity index (χ4v) is 2.73. The monoisotopic (exact) mass is 329 g/mol. The first-order chi connectivity index (χ1) is 11.6. The molecule has 0 spiro atoms. The van der Waals surface area contributed by atoms with Crippen LogP contribution in [-0.4, -0.2) is 39.8 Å². The maximum absolute atomic E-state index is 12.3. The molecule has 2 amide bonds. The summed E-state index contributed by atoms with van der Waals surface area (Å²) >= 11 is 0. The second-order valence-electron chi connectivity index (χ2n) is 5.54. The molecule has 2 N–H and O–H groups in total. The van der Waals surface area contributed by atoms with Crippen molar-refractivity contribution in [1.82, 2.24) is 14.8 Å². The van der Waals surface area contributed by atoms with Gasteiger partial charge >= 0.3 is 0 Å². The Labute approximate surface area is 137 Å². The normalized spacial score (nSPS) is 18.0. The van der Waals surface area contributed by atoms with Gasteiger partial charge < -0.3 is 14.8 Å². The first-order valence-corrected chi connectivity index (χ1v) is 7.53. The summed E-state index contributed by atoms with van der Waals surface area (Å²) in [6.45, 7) is 2.71. The maximum Gasteiger partial charge on any atom is 0.252 e. The number of aryl methyl sites for hydroxylation is 1. The first kappa shape index (κ1) is 14.5. The van der Waals surface area contributed by atoms with Gasteiger partial charge in [-0.25, -0.2) is 4.68 Å². The van der Waals surface area contributed by atoms with Crippen LogP contribution >= 0.6 is 0 Å². The Morgan fingerprint density at radius 2 is 2.17 bits per heavy atom. The van der Waals surface area contributed by atoms with E-state index in [0.29, 0.717) is 42.2 Å². The van der Waals surface area contributed by atoms with E-state index in [1.165, 1.54) is 4.68 Å². The van der Waals surface area contributed by atoms with Crippen LogP contribution in [-0.2, 0) is 9.59 Å². The van der Waals surface area contributed by atoms with Gasteiger partial charge in [-0.3, -0.25) is 14.9 Å². The van der Waals surface area contributed by atoms with Crippen LogP contribution in [0, 0.1) is 6.92 Å². The highest BCUT2D eigenvalue weighted by atomic mass is 16.6. The summed E-state index contributed by atoms with van der Waals surface area (Å²) in [4.78, 5) is 28.3. The van der Waals surface area contributed by atoms with Gasteiger partial charge in [-0.15, -0.1) is 0 Å². The SMILES string of the molecule is Cc1nc2n(n1)[C@@H](CC(=O)Nc1ccc3c(c1)OCCO3)C(=O)N2. The maximum atomic E-state index is 12.3. The lowest BCUT2D eigenvalue weighted by Crippen LogP contribution is -2.24. The lowest BCUT2D eigenvalue weighted by Gasteiger charge is -2.19. The van der Waals surface area contributed by atoms with Crippen LogP contribution < -0.4 is 20.1 Å². The van der Waals surface area contributed by atoms with E-state index in [1.807, 2.05) is 0 Å². The molecule has 4 rings (SSSR count). The second kappa shape index (κ2) is 5.52. The third kappa shape index (κ3) is 2.53. The summed E-state index contributed by atoms with van der Waals surface area (Å²) in [6.07, 6.45) is -0.0317. The van der Waals surface area contributed by atoms with Gasteiger partial charge in [0, 0.05) is 11.8 Å². The number of carbonyl (C=O) groups is 2. The van der Waals surface area contributed by atoms with Gasteiger partial charge in [0.15, 0.2) is 11.5 Å². The molecule has 1 aromatic carbocycles. The summed E-state index contributed by atoms with van der Waals surface area (Å²) < 4.78 is 12.4. The predicted octanol–water partition coefficient (Wildman–Crippen LogP) is 0.880. The standard InChI is InChI=1S/C15H15N5O4/c1-8-16-15-18-14(22)10(20(15)19-8)7-13(21)17-9-2-3-11-12(6-9)24-5-4-23-11/h2-3,6,10H,4-5,7H2,1H3,(H,17,21)(H,16,18,19,22)/t10-/m0/s1. The molecule has 0 radical (unpaired) electrons. The van der Waals surface area contributed by atoms with Crippen molar-refractivity contribution in [2.75, 3.05) is 23.8 Å². The molecule has 9 nitrogen and oxygen atoms in total. The highest BCUT2D eigenvalue weighted by Gasteiger charge is 2.34. The van der Waals surface area contributed by atoms with E-state index in [9.17, 15) is 9.59 Å². The molecule has 9 heteroatoms. The van der Waals surface area contributed by atoms with Gasteiger partial charge in [0.1, 0.15) is 25.1 Å². The van der Waals surface area contributed by atoms with Crippen LogP contribution in [0.3, 0.4) is 0 Å². The zero-order valence-corrected chi connectivity index (χ0v) is 12.9. The number of nitrogens with one attached hydrogen (secondary N) is 2. The lowest BCUT2D eigenvalue weighted by molar-refractivity contribution is -0.123. The molecule has 0 saturated carbocycles. The molecule has 0 unspecified atom stereocenters. The number of carbonyl (C=O) groups excluding carboxylic acids is 2. The average molecular weight is 329 g/mol. The van der Waals surface area contributed by atoms with E-state index in [2.05, 4.69) is 20.7 Å². The zero-order valence-electron chi connectivity index (χ0n) is 12.9. The third-order valence-electron chi connectivity index (χ3n) is 3.77. The van der Waals surface area contributed by atoms with Crippen molar-refractivity contribution in [2.45, 2.75) is 19.4 Å². The highest BCUT2D eigenvalue weighted by Crippen LogP contribution is 2.33. The molecule has 3 heterocycles. The smallest absolute Gasteiger partial charge is 0.252 e. The van der Waals surface area contributed by atoms with Gasteiger partial charge in [-0.2, -0.15) is 10.1 Å². The van der Waals surface area contributed by atoms with E-state index in [4.69, 9.17) is 9.47 Å². The Hall–Kier alpha value is -3.10. The van der Waals surface area contributed by atoms with Crippen molar-refractivity contribution in [2.24, 2.45) is 0 Å². The summed E-state index contributed by atoms with van der Waals surface area (Å²) in [5.74, 6) is 1.57. The molecule has 24 heavy (non-hydrogen) atoms. The van der Waals surface area contributed by atoms with Gasteiger partial charge in [0.05, 0.1) is 6.42 Å². The van der Waals surface area contributed by atoms with Gasteiger partial charge in [0.25, 0.3) is 5.91 Å². The van der Waals surface area contributed by atoms with Crippen molar-refractivity contribution in [3.8, 4) is 11.5 Å². The van der Waals surface area contributed by atoms with Crippen LogP contribution in [0.2, 0.25) is 0 Å². The fraction of sp³-hybridized carbons (Fsp3) is 0.333. The molecule has 0 fully saturated rings. The van der Waals surface area contributed by atoms with E-state index in [0.717, 1.165) is 0 Å². The summed E-state index contributed by atoms with van der Waals surface area (Å²) in [5.41, 5.74) is 0.581. The molecule has 0 aliphatic carbocycles. The van der Waals surface area contributed by atoms with Crippen molar-refractivity contribution < 1.29 is 19.1 Å². The van der Waals surface area contributed by atoms with E-state index in [1.54, 1.807) is 25.1 Å². The molecule has 0 saturated heterocycles.